The van der Waals surface area contributed by atoms with E-state index in [1.807, 2.05) is 36.4 Å². The van der Waals surface area contributed by atoms with E-state index in [9.17, 15) is 5.11 Å². The molecule has 0 saturated carbocycles. The minimum atomic E-state index is -0.253. The number of nitrogens with zero attached hydrogens (tertiary/aromatic N) is 6. The van der Waals surface area contributed by atoms with Crippen LogP contribution in [0.2, 0.25) is 5.02 Å². The molecule has 2 aromatic carbocycles. The Bertz CT molecular complexity index is 1260. The number of hydrogen-bond acceptors (Lipinski definition) is 8. The van der Waals surface area contributed by atoms with E-state index >= 15 is 0 Å². The molecule has 1 aliphatic rings. The summed E-state index contributed by atoms with van der Waals surface area (Å²) in [7, 11) is 1.60. The molecule has 10 heteroatoms. The van der Waals surface area contributed by atoms with Gasteiger partial charge in [-0.3, -0.25) is 0 Å². The third-order valence-electron chi connectivity index (χ3n) is 5.87. The van der Waals surface area contributed by atoms with Gasteiger partial charge < -0.3 is 20.1 Å². The lowest BCUT2D eigenvalue weighted by molar-refractivity contribution is 0.145. The molecule has 170 valence electrons. The van der Waals surface area contributed by atoms with Crippen LogP contribution in [-0.4, -0.2) is 56.6 Å². The van der Waals surface area contributed by atoms with Crippen molar-refractivity contribution in [2.45, 2.75) is 25.5 Å². The fraction of sp³-hybridized carbons (Fsp3) is 0.304. The number of rotatable bonds is 6. The van der Waals surface area contributed by atoms with E-state index in [-0.39, 0.29) is 6.10 Å². The van der Waals surface area contributed by atoms with Gasteiger partial charge in [-0.15, -0.1) is 15.3 Å². The molecule has 1 saturated heterocycles. The summed E-state index contributed by atoms with van der Waals surface area (Å²) in [5.41, 5.74) is 1.88. The summed E-state index contributed by atoms with van der Waals surface area (Å²) in [6.45, 7) is 2.01. The number of ether oxygens (including phenoxy) is 1. The summed E-state index contributed by atoms with van der Waals surface area (Å²) >= 11 is 6.28. The number of aliphatic hydroxyl groups excluding tert-OH is 1. The summed E-state index contributed by atoms with van der Waals surface area (Å²) in [5, 5.41) is 32.9. The molecule has 0 bridgehead atoms. The highest BCUT2D eigenvalue weighted by atomic mass is 35.5. The van der Waals surface area contributed by atoms with E-state index < -0.39 is 0 Å². The minimum absolute atomic E-state index is 0.253. The zero-order chi connectivity index (χ0) is 22.8. The zero-order valence-corrected chi connectivity index (χ0v) is 18.9. The van der Waals surface area contributed by atoms with Crippen LogP contribution in [-0.2, 0) is 6.54 Å². The lowest BCUT2D eigenvalue weighted by atomic mass is 10.1. The van der Waals surface area contributed by atoms with Gasteiger partial charge in [-0.2, -0.15) is 0 Å². The number of halogens is 1. The van der Waals surface area contributed by atoms with Gasteiger partial charge in [-0.05, 0) is 48.7 Å². The lowest BCUT2D eigenvalue weighted by Gasteiger charge is -2.31. The number of anilines is 2. The predicted molar refractivity (Wildman–Crippen MR) is 127 cm³/mol. The summed E-state index contributed by atoms with van der Waals surface area (Å²) in [4.78, 5) is 2.18. The number of aliphatic hydroxyl groups is 1. The van der Waals surface area contributed by atoms with Crippen molar-refractivity contribution < 1.29 is 9.84 Å². The quantitative estimate of drug-likeness (QED) is 0.446. The Balaban J connectivity index is 1.51. The smallest absolute Gasteiger partial charge is 0.159 e. The number of hydrogen-bond donors (Lipinski definition) is 2. The van der Waals surface area contributed by atoms with Gasteiger partial charge in [-0.1, -0.05) is 22.9 Å². The Labute approximate surface area is 195 Å². The number of benzene rings is 2. The van der Waals surface area contributed by atoms with E-state index in [1.54, 1.807) is 24.2 Å². The van der Waals surface area contributed by atoms with Gasteiger partial charge >= 0.3 is 0 Å². The van der Waals surface area contributed by atoms with Crippen LogP contribution in [0.15, 0.2) is 48.8 Å². The Morgan fingerprint density at radius 2 is 1.97 bits per heavy atom. The van der Waals surface area contributed by atoms with Crippen molar-refractivity contribution in [3.63, 3.8) is 0 Å². The van der Waals surface area contributed by atoms with Crippen molar-refractivity contribution in [1.29, 1.82) is 0 Å². The highest BCUT2D eigenvalue weighted by Gasteiger charge is 2.21. The molecule has 0 unspecified atom stereocenters. The third-order valence-corrected chi connectivity index (χ3v) is 6.17. The largest absolute Gasteiger partial charge is 0.495 e. The van der Waals surface area contributed by atoms with E-state index in [4.69, 9.17) is 16.3 Å². The van der Waals surface area contributed by atoms with Crippen LogP contribution in [0.25, 0.3) is 16.5 Å². The van der Waals surface area contributed by atoms with Crippen molar-refractivity contribution in [2.24, 2.45) is 0 Å². The molecule has 0 spiro atoms. The van der Waals surface area contributed by atoms with E-state index in [2.05, 4.69) is 30.7 Å². The molecule has 0 amide bonds. The number of fused-ring (bicyclic) bond motifs is 1. The SMILES string of the molecule is COc1ccc(CNc2nnc(N3CCC(O)CC3)c3ccc(-n4ccnn4)cc23)cc1Cl. The molecule has 4 aromatic rings. The van der Waals surface area contributed by atoms with Crippen molar-refractivity contribution in [2.75, 3.05) is 30.4 Å². The van der Waals surface area contributed by atoms with E-state index in [0.29, 0.717) is 23.1 Å². The second-order valence-electron chi connectivity index (χ2n) is 7.99. The van der Waals surface area contributed by atoms with Crippen LogP contribution in [0, 0.1) is 0 Å². The molecular weight excluding hydrogens is 442 g/mol. The average Bonchev–Trinajstić information content (AvgIpc) is 3.38. The Kier molecular flexibility index (Phi) is 5.97. The Morgan fingerprint density at radius 1 is 1.12 bits per heavy atom. The first-order valence-electron chi connectivity index (χ1n) is 10.8. The highest BCUT2D eigenvalue weighted by Crippen LogP contribution is 2.32. The van der Waals surface area contributed by atoms with Crippen LogP contribution < -0.4 is 15.0 Å². The first kappa shape index (κ1) is 21.4. The molecule has 1 fully saturated rings. The second-order valence-corrected chi connectivity index (χ2v) is 8.40. The van der Waals surface area contributed by atoms with Gasteiger partial charge in [0.2, 0.25) is 0 Å². The molecule has 2 N–H and O–H groups in total. The maximum absolute atomic E-state index is 9.90. The van der Waals surface area contributed by atoms with Crippen LogP contribution in [0.3, 0.4) is 0 Å². The molecule has 2 aromatic heterocycles. The van der Waals surface area contributed by atoms with Crippen molar-refractivity contribution >= 4 is 34.0 Å². The van der Waals surface area contributed by atoms with Crippen molar-refractivity contribution in [3.8, 4) is 11.4 Å². The molecular formula is C23H24ClN7O2. The van der Waals surface area contributed by atoms with Gasteiger partial charge in [0.1, 0.15) is 5.75 Å². The maximum atomic E-state index is 9.90. The molecule has 3 heterocycles. The molecule has 5 rings (SSSR count). The van der Waals surface area contributed by atoms with Crippen molar-refractivity contribution in [1.82, 2.24) is 25.2 Å². The van der Waals surface area contributed by atoms with Gasteiger partial charge in [0.15, 0.2) is 11.6 Å². The molecule has 1 aliphatic heterocycles. The maximum Gasteiger partial charge on any atom is 0.159 e. The topological polar surface area (TPSA) is 101 Å². The molecule has 33 heavy (non-hydrogen) atoms. The normalized spacial score (nSPS) is 14.6. The standard InChI is InChI=1S/C23H24ClN7O2/c1-33-21-5-2-15(12-20(21)24)14-25-22-19-13-16(31-11-8-26-29-31)3-4-18(19)23(28-27-22)30-9-6-17(32)7-10-30/h2-5,8,11-13,17,32H,6-7,9-10,14H2,1H3,(H,25,27). The number of methoxy groups -OCH3 is 1. The Hall–Kier alpha value is -3.43. The van der Waals surface area contributed by atoms with Gasteiger partial charge in [0.05, 0.1) is 36.3 Å². The van der Waals surface area contributed by atoms with Crippen LogP contribution in [0.4, 0.5) is 11.6 Å². The van der Waals surface area contributed by atoms with Crippen LogP contribution in [0.1, 0.15) is 18.4 Å². The highest BCUT2D eigenvalue weighted by molar-refractivity contribution is 6.32. The van der Waals surface area contributed by atoms with Gasteiger partial charge in [0, 0.05) is 30.4 Å². The third kappa shape index (κ3) is 4.42. The molecule has 0 radical (unpaired) electrons. The summed E-state index contributed by atoms with van der Waals surface area (Å²) < 4.78 is 6.95. The molecule has 9 nitrogen and oxygen atoms in total. The van der Waals surface area contributed by atoms with Crippen molar-refractivity contribution in [3.05, 3.63) is 59.4 Å². The minimum Gasteiger partial charge on any atom is -0.495 e. The predicted octanol–water partition coefficient (Wildman–Crippen LogP) is 3.45. The molecule has 0 aliphatic carbocycles. The molecule has 0 atom stereocenters. The fourth-order valence-electron chi connectivity index (χ4n) is 4.06. The van der Waals surface area contributed by atoms with Crippen LogP contribution in [0.5, 0.6) is 5.75 Å². The van der Waals surface area contributed by atoms with Gasteiger partial charge in [-0.25, -0.2) is 4.68 Å². The first-order chi connectivity index (χ1) is 16.1. The summed E-state index contributed by atoms with van der Waals surface area (Å²) in [6, 6.07) is 11.7. The van der Waals surface area contributed by atoms with Crippen LogP contribution >= 0.6 is 11.6 Å². The summed E-state index contributed by atoms with van der Waals surface area (Å²) in [6.07, 6.45) is 4.63. The first-order valence-corrected chi connectivity index (χ1v) is 11.2. The zero-order valence-electron chi connectivity index (χ0n) is 18.1. The van der Waals surface area contributed by atoms with Gasteiger partial charge in [0.25, 0.3) is 0 Å². The average molecular weight is 466 g/mol. The fourth-order valence-corrected chi connectivity index (χ4v) is 4.34. The monoisotopic (exact) mass is 465 g/mol. The number of aromatic nitrogens is 5. The second kappa shape index (κ2) is 9.21. The Morgan fingerprint density at radius 3 is 2.70 bits per heavy atom. The van der Waals surface area contributed by atoms with E-state index in [0.717, 1.165) is 53.8 Å². The summed E-state index contributed by atoms with van der Waals surface area (Å²) in [5.74, 6) is 2.12. The number of piperidine rings is 1. The lowest BCUT2D eigenvalue weighted by Crippen LogP contribution is -2.36. The number of nitrogens with one attached hydrogen (secondary N) is 1. The van der Waals surface area contributed by atoms with E-state index in [1.165, 1.54) is 0 Å².